The van der Waals surface area contributed by atoms with Crippen molar-refractivity contribution in [2.75, 3.05) is 44.2 Å². The van der Waals surface area contributed by atoms with Crippen LogP contribution in [0.25, 0.3) is 0 Å². The number of hydrogen-bond donors (Lipinski definition) is 2. The molecule has 0 radical (unpaired) electrons. The molecule has 2 aliphatic rings. The van der Waals surface area contributed by atoms with Gasteiger partial charge in [0.05, 0.1) is 0 Å². The Morgan fingerprint density at radius 3 is 2.77 bits per heavy atom. The third-order valence-electron chi connectivity index (χ3n) is 5.78. The summed E-state index contributed by atoms with van der Waals surface area (Å²) in [5.74, 6) is 0.348. The minimum Gasteiger partial charge on any atom is -0.369 e. The molecule has 0 aromatic heterocycles. The Morgan fingerprint density at radius 2 is 2.04 bits per heavy atom. The Kier molecular flexibility index (Phi) is 6.92. The van der Waals surface area contributed by atoms with Gasteiger partial charge in [0.2, 0.25) is 5.91 Å². The first-order chi connectivity index (χ1) is 12.6. The highest BCUT2D eigenvalue weighted by molar-refractivity contribution is 5.78. The van der Waals surface area contributed by atoms with Gasteiger partial charge in [0.15, 0.2) is 0 Å². The van der Waals surface area contributed by atoms with E-state index in [2.05, 4.69) is 46.3 Å². The fourth-order valence-electron chi connectivity index (χ4n) is 4.18. The van der Waals surface area contributed by atoms with Crippen molar-refractivity contribution >= 4 is 11.6 Å². The largest absolute Gasteiger partial charge is 0.369 e. The zero-order valence-electron chi connectivity index (χ0n) is 16.1. The molecule has 1 saturated carbocycles. The number of hydrogen-bond acceptors (Lipinski definition) is 4. The molecule has 1 saturated heterocycles. The molecule has 2 atom stereocenters. The third kappa shape index (κ3) is 5.45. The summed E-state index contributed by atoms with van der Waals surface area (Å²) in [6, 6.07) is 8.97. The number of carbonyl (C=O) groups excluding carboxylic acids is 1. The molecular weight excluding hydrogens is 324 g/mol. The lowest BCUT2D eigenvalue weighted by molar-refractivity contribution is -0.126. The molecule has 144 valence electrons. The van der Waals surface area contributed by atoms with Gasteiger partial charge in [0.1, 0.15) is 0 Å². The maximum Gasteiger partial charge on any atom is 0.223 e. The molecule has 1 amide bonds. The van der Waals surface area contributed by atoms with Crippen LogP contribution in [0.15, 0.2) is 24.3 Å². The van der Waals surface area contributed by atoms with E-state index in [1.165, 1.54) is 11.3 Å². The zero-order chi connectivity index (χ0) is 18.4. The summed E-state index contributed by atoms with van der Waals surface area (Å²) in [6.07, 6.45) is 5.03. The number of rotatable bonds is 6. The van der Waals surface area contributed by atoms with Gasteiger partial charge in [0.25, 0.3) is 0 Å². The topological polar surface area (TPSA) is 61.6 Å². The standard InChI is InChI=1S/C21H34N4O/c1-17-5-2-8-20(15-17)25-13-11-24(12-14-25)10-4-9-23-21(26)18-6-3-7-19(22)16-18/h2,5,8,15,18-19H,3-4,6-7,9-14,16,22H2,1H3,(H,23,26). The zero-order valence-corrected chi connectivity index (χ0v) is 16.1. The molecule has 1 aromatic rings. The number of nitrogens with zero attached hydrogens (tertiary/aromatic N) is 2. The van der Waals surface area contributed by atoms with E-state index in [0.717, 1.165) is 71.4 Å². The normalized spacial score (nSPS) is 24.5. The first-order valence-electron chi connectivity index (χ1n) is 10.2. The summed E-state index contributed by atoms with van der Waals surface area (Å²) in [5.41, 5.74) is 8.64. The van der Waals surface area contributed by atoms with Crippen molar-refractivity contribution in [1.29, 1.82) is 0 Å². The van der Waals surface area contributed by atoms with Crippen LogP contribution in [0.2, 0.25) is 0 Å². The van der Waals surface area contributed by atoms with E-state index < -0.39 is 0 Å². The summed E-state index contributed by atoms with van der Waals surface area (Å²) in [7, 11) is 0. The molecule has 5 nitrogen and oxygen atoms in total. The van der Waals surface area contributed by atoms with Crippen molar-refractivity contribution in [2.24, 2.45) is 11.7 Å². The number of amides is 1. The van der Waals surface area contributed by atoms with Crippen LogP contribution >= 0.6 is 0 Å². The fraction of sp³-hybridized carbons (Fsp3) is 0.667. The molecule has 1 aliphatic carbocycles. The first-order valence-corrected chi connectivity index (χ1v) is 10.2. The number of aryl methyl sites for hydroxylation is 1. The highest BCUT2D eigenvalue weighted by atomic mass is 16.1. The number of carbonyl (C=O) groups is 1. The molecule has 3 N–H and O–H groups in total. The minimum absolute atomic E-state index is 0.136. The SMILES string of the molecule is Cc1cccc(N2CCN(CCCNC(=O)C3CCCC(N)C3)CC2)c1. The number of nitrogens with two attached hydrogens (primary N) is 1. The molecule has 1 aliphatic heterocycles. The summed E-state index contributed by atoms with van der Waals surface area (Å²) < 4.78 is 0. The minimum atomic E-state index is 0.136. The van der Waals surface area contributed by atoms with Crippen molar-refractivity contribution in [1.82, 2.24) is 10.2 Å². The molecule has 1 aromatic carbocycles. The van der Waals surface area contributed by atoms with Crippen LogP contribution in [0.5, 0.6) is 0 Å². The quantitative estimate of drug-likeness (QED) is 0.765. The number of nitrogens with one attached hydrogen (secondary N) is 1. The van der Waals surface area contributed by atoms with Gasteiger partial charge in [-0.1, -0.05) is 18.6 Å². The molecule has 3 rings (SSSR count). The number of anilines is 1. The van der Waals surface area contributed by atoms with Crippen LogP contribution in [0.3, 0.4) is 0 Å². The van der Waals surface area contributed by atoms with E-state index in [-0.39, 0.29) is 17.9 Å². The lowest BCUT2D eigenvalue weighted by Gasteiger charge is -2.36. The Balaban J connectivity index is 1.31. The summed E-state index contributed by atoms with van der Waals surface area (Å²) >= 11 is 0. The van der Waals surface area contributed by atoms with Gasteiger partial charge in [-0.2, -0.15) is 0 Å². The van der Waals surface area contributed by atoms with Gasteiger partial charge in [-0.25, -0.2) is 0 Å². The molecule has 1 heterocycles. The Hall–Kier alpha value is -1.59. The molecule has 0 bridgehead atoms. The van der Waals surface area contributed by atoms with Crippen LogP contribution in [-0.4, -0.2) is 56.1 Å². The molecule has 2 fully saturated rings. The van der Waals surface area contributed by atoms with Gasteiger partial charge in [-0.3, -0.25) is 9.69 Å². The molecular formula is C21H34N4O. The van der Waals surface area contributed by atoms with Crippen molar-refractivity contribution < 1.29 is 4.79 Å². The molecule has 0 spiro atoms. The highest BCUT2D eigenvalue weighted by Gasteiger charge is 2.25. The lowest BCUT2D eigenvalue weighted by atomic mass is 9.85. The second-order valence-electron chi connectivity index (χ2n) is 7.94. The van der Waals surface area contributed by atoms with E-state index in [4.69, 9.17) is 5.73 Å². The summed E-state index contributed by atoms with van der Waals surface area (Å²) in [5, 5.41) is 3.12. The van der Waals surface area contributed by atoms with Crippen LogP contribution in [0.4, 0.5) is 5.69 Å². The number of benzene rings is 1. The van der Waals surface area contributed by atoms with Gasteiger partial charge < -0.3 is 16.0 Å². The van der Waals surface area contributed by atoms with E-state index in [1.54, 1.807) is 0 Å². The molecule has 5 heteroatoms. The third-order valence-corrected chi connectivity index (χ3v) is 5.78. The highest BCUT2D eigenvalue weighted by Crippen LogP contribution is 2.23. The van der Waals surface area contributed by atoms with Gasteiger partial charge in [-0.15, -0.1) is 0 Å². The van der Waals surface area contributed by atoms with E-state index >= 15 is 0 Å². The van der Waals surface area contributed by atoms with Crippen molar-refractivity contribution in [3.8, 4) is 0 Å². The monoisotopic (exact) mass is 358 g/mol. The maximum absolute atomic E-state index is 12.2. The van der Waals surface area contributed by atoms with E-state index in [9.17, 15) is 4.79 Å². The maximum atomic E-state index is 12.2. The van der Waals surface area contributed by atoms with Gasteiger partial charge in [-0.05, 0) is 56.8 Å². The van der Waals surface area contributed by atoms with Crippen LogP contribution in [0, 0.1) is 12.8 Å². The Morgan fingerprint density at radius 1 is 1.23 bits per heavy atom. The van der Waals surface area contributed by atoms with Gasteiger partial charge >= 0.3 is 0 Å². The molecule has 26 heavy (non-hydrogen) atoms. The van der Waals surface area contributed by atoms with Crippen LogP contribution in [0.1, 0.15) is 37.7 Å². The second kappa shape index (κ2) is 9.38. The second-order valence-corrected chi connectivity index (χ2v) is 7.94. The van der Waals surface area contributed by atoms with Crippen molar-refractivity contribution in [3.63, 3.8) is 0 Å². The fourth-order valence-corrected chi connectivity index (χ4v) is 4.18. The summed E-state index contributed by atoms with van der Waals surface area (Å²) in [4.78, 5) is 17.2. The number of piperazine rings is 1. The van der Waals surface area contributed by atoms with Crippen molar-refractivity contribution in [3.05, 3.63) is 29.8 Å². The molecule has 2 unspecified atom stereocenters. The van der Waals surface area contributed by atoms with E-state index in [0.29, 0.717) is 0 Å². The Labute approximate surface area is 157 Å². The van der Waals surface area contributed by atoms with Gasteiger partial charge in [0, 0.05) is 50.4 Å². The average molecular weight is 359 g/mol. The van der Waals surface area contributed by atoms with Crippen LogP contribution < -0.4 is 16.0 Å². The van der Waals surface area contributed by atoms with Crippen molar-refractivity contribution in [2.45, 2.75) is 45.1 Å². The van der Waals surface area contributed by atoms with Crippen LogP contribution in [-0.2, 0) is 4.79 Å². The first kappa shape index (κ1) is 19.2. The predicted molar refractivity (Wildman–Crippen MR) is 107 cm³/mol. The lowest BCUT2D eigenvalue weighted by Crippen LogP contribution is -2.47. The summed E-state index contributed by atoms with van der Waals surface area (Å²) in [6.45, 7) is 8.34. The smallest absolute Gasteiger partial charge is 0.223 e. The van der Waals surface area contributed by atoms with E-state index in [1.807, 2.05) is 0 Å². The Bertz CT molecular complexity index is 583. The predicted octanol–water partition coefficient (Wildman–Crippen LogP) is 2.14. The average Bonchev–Trinajstić information content (AvgIpc) is 2.65.